The third-order valence-corrected chi connectivity index (χ3v) is 2.07. The molecule has 2 N–H and O–H groups in total. The Bertz CT molecular complexity index is 346. The summed E-state index contributed by atoms with van der Waals surface area (Å²) in [6.07, 6.45) is 0.939. The van der Waals surface area contributed by atoms with E-state index in [0.717, 1.165) is 6.42 Å². The number of methoxy groups -OCH3 is 1. The van der Waals surface area contributed by atoms with Gasteiger partial charge in [-0.3, -0.25) is 0 Å². The predicted octanol–water partition coefficient (Wildman–Crippen LogP) is 0.693. The molecule has 0 aliphatic carbocycles. The molecule has 0 aromatic carbocycles. The van der Waals surface area contributed by atoms with E-state index >= 15 is 0 Å². The van der Waals surface area contributed by atoms with E-state index in [9.17, 15) is 4.79 Å². The smallest absolute Gasteiger partial charge is 0.362 e. The number of hydrogen-bond acceptors (Lipinski definition) is 5. The molecule has 1 rings (SSSR count). The van der Waals surface area contributed by atoms with Crippen LogP contribution in [0.2, 0.25) is 0 Å². The number of hydrogen-bond donors (Lipinski definition) is 1. The Morgan fingerprint density at radius 1 is 1.60 bits per heavy atom. The van der Waals surface area contributed by atoms with Crippen LogP contribution in [0.3, 0.4) is 0 Å². The van der Waals surface area contributed by atoms with Gasteiger partial charge in [-0.1, -0.05) is 19.1 Å². The van der Waals surface area contributed by atoms with Crippen molar-refractivity contribution < 1.29 is 9.53 Å². The highest BCUT2D eigenvalue weighted by Gasteiger charge is 2.17. The molecule has 84 valence electrons. The monoisotopic (exact) mass is 212 g/mol. The van der Waals surface area contributed by atoms with Crippen molar-refractivity contribution in [2.24, 2.45) is 5.92 Å². The molecule has 0 saturated carbocycles. The van der Waals surface area contributed by atoms with Crippen molar-refractivity contribution in [2.75, 3.05) is 12.8 Å². The highest BCUT2D eigenvalue weighted by atomic mass is 16.5. The molecule has 0 saturated heterocycles. The summed E-state index contributed by atoms with van der Waals surface area (Å²) in [5.41, 5.74) is 5.79. The average molecular weight is 212 g/mol. The van der Waals surface area contributed by atoms with Gasteiger partial charge in [0.2, 0.25) is 5.69 Å². The molecule has 0 spiro atoms. The second kappa shape index (κ2) is 4.77. The summed E-state index contributed by atoms with van der Waals surface area (Å²) >= 11 is 0. The van der Waals surface area contributed by atoms with Gasteiger partial charge in [-0.15, -0.1) is 5.10 Å². The number of ether oxygens (including phenoxy) is 1. The van der Waals surface area contributed by atoms with E-state index in [-0.39, 0.29) is 11.5 Å². The van der Waals surface area contributed by atoms with Crippen molar-refractivity contribution >= 4 is 11.8 Å². The number of carbonyl (C=O) groups is 1. The summed E-state index contributed by atoms with van der Waals surface area (Å²) in [5.74, 6) is 0.265. The van der Waals surface area contributed by atoms with Crippen LogP contribution in [0.25, 0.3) is 0 Å². The van der Waals surface area contributed by atoms with Gasteiger partial charge in [0, 0.05) is 6.54 Å². The molecule has 0 bridgehead atoms. The van der Waals surface area contributed by atoms with Gasteiger partial charge in [-0.25, -0.2) is 9.48 Å². The Morgan fingerprint density at radius 2 is 2.27 bits per heavy atom. The third kappa shape index (κ3) is 2.68. The quantitative estimate of drug-likeness (QED) is 0.742. The lowest BCUT2D eigenvalue weighted by Crippen LogP contribution is -2.10. The number of aromatic nitrogens is 3. The van der Waals surface area contributed by atoms with E-state index in [1.165, 1.54) is 11.8 Å². The Balaban J connectivity index is 2.75. The molecule has 0 unspecified atom stereocenters. The van der Waals surface area contributed by atoms with Gasteiger partial charge in [-0.05, 0) is 12.3 Å². The van der Waals surface area contributed by atoms with E-state index < -0.39 is 5.97 Å². The number of aryl methyl sites for hydroxylation is 1. The van der Waals surface area contributed by atoms with E-state index in [2.05, 4.69) is 28.9 Å². The standard InChI is InChI=1S/C9H16N4O2/c1-6(2)4-5-13-8(10)7(11-12-13)9(14)15-3/h6H,4-5,10H2,1-3H3. The summed E-state index contributed by atoms with van der Waals surface area (Å²) in [6.45, 7) is 4.87. The molecule has 0 aliphatic rings. The van der Waals surface area contributed by atoms with Gasteiger partial charge in [0.1, 0.15) is 0 Å². The number of nitrogen functional groups attached to an aromatic ring is 1. The molecule has 6 heteroatoms. The van der Waals surface area contributed by atoms with Gasteiger partial charge in [0.25, 0.3) is 0 Å². The molecule has 0 amide bonds. The molecule has 0 aliphatic heterocycles. The van der Waals surface area contributed by atoms with Crippen molar-refractivity contribution in [1.82, 2.24) is 15.0 Å². The number of nitrogens with zero attached hydrogens (tertiary/aromatic N) is 3. The Labute approximate surface area is 88.4 Å². The molecule has 0 atom stereocenters. The topological polar surface area (TPSA) is 83.0 Å². The fourth-order valence-electron chi connectivity index (χ4n) is 1.11. The molecular formula is C9H16N4O2. The Morgan fingerprint density at radius 3 is 2.80 bits per heavy atom. The van der Waals surface area contributed by atoms with Crippen LogP contribution in [0.5, 0.6) is 0 Å². The van der Waals surface area contributed by atoms with Gasteiger partial charge in [0.15, 0.2) is 5.82 Å². The normalized spacial score (nSPS) is 10.7. The summed E-state index contributed by atoms with van der Waals surface area (Å²) in [6, 6.07) is 0. The first kappa shape index (κ1) is 11.5. The van der Waals surface area contributed by atoms with Gasteiger partial charge in [-0.2, -0.15) is 0 Å². The second-order valence-corrected chi connectivity index (χ2v) is 3.72. The second-order valence-electron chi connectivity index (χ2n) is 3.72. The van der Waals surface area contributed by atoms with Crippen LogP contribution in [0.15, 0.2) is 0 Å². The predicted molar refractivity (Wildman–Crippen MR) is 55.2 cm³/mol. The van der Waals surface area contributed by atoms with E-state index in [1.807, 2.05) is 0 Å². The van der Waals surface area contributed by atoms with Crippen molar-refractivity contribution in [1.29, 1.82) is 0 Å². The number of carbonyl (C=O) groups excluding carboxylic acids is 1. The SMILES string of the molecule is COC(=O)c1nnn(CCC(C)C)c1N. The third-order valence-electron chi connectivity index (χ3n) is 2.07. The maximum atomic E-state index is 11.2. The molecule has 0 fully saturated rings. The van der Waals surface area contributed by atoms with Crippen LogP contribution in [0.4, 0.5) is 5.82 Å². The summed E-state index contributed by atoms with van der Waals surface area (Å²) in [5, 5.41) is 7.48. The fourth-order valence-corrected chi connectivity index (χ4v) is 1.11. The number of esters is 1. The van der Waals surface area contributed by atoms with Crippen molar-refractivity contribution in [3.8, 4) is 0 Å². The molecule has 6 nitrogen and oxygen atoms in total. The van der Waals surface area contributed by atoms with Crippen molar-refractivity contribution in [2.45, 2.75) is 26.8 Å². The van der Waals surface area contributed by atoms with Gasteiger partial charge in [0.05, 0.1) is 7.11 Å². The zero-order valence-electron chi connectivity index (χ0n) is 9.23. The minimum atomic E-state index is -0.553. The summed E-state index contributed by atoms with van der Waals surface area (Å²) in [4.78, 5) is 11.2. The average Bonchev–Trinajstić information content (AvgIpc) is 2.56. The molecular weight excluding hydrogens is 196 g/mol. The number of rotatable bonds is 4. The first-order valence-corrected chi connectivity index (χ1v) is 4.83. The van der Waals surface area contributed by atoms with Crippen LogP contribution in [-0.4, -0.2) is 28.1 Å². The molecule has 1 aromatic heterocycles. The number of anilines is 1. The van der Waals surface area contributed by atoms with Crippen molar-refractivity contribution in [3.05, 3.63) is 5.69 Å². The van der Waals surface area contributed by atoms with E-state index in [0.29, 0.717) is 12.5 Å². The fraction of sp³-hybridized carbons (Fsp3) is 0.667. The van der Waals surface area contributed by atoms with Gasteiger partial charge < -0.3 is 10.5 Å². The zero-order valence-corrected chi connectivity index (χ0v) is 9.23. The maximum Gasteiger partial charge on any atom is 0.362 e. The van der Waals surface area contributed by atoms with Crippen molar-refractivity contribution in [3.63, 3.8) is 0 Å². The molecule has 15 heavy (non-hydrogen) atoms. The molecule has 1 heterocycles. The molecule has 0 radical (unpaired) electrons. The Kier molecular flexibility index (Phi) is 3.65. The lowest BCUT2D eigenvalue weighted by Gasteiger charge is -2.05. The van der Waals surface area contributed by atoms with Crippen LogP contribution in [-0.2, 0) is 11.3 Å². The maximum absolute atomic E-state index is 11.2. The lowest BCUT2D eigenvalue weighted by atomic mass is 10.1. The van der Waals surface area contributed by atoms with Crippen LogP contribution < -0.4 is 5.73 Å². The van der Waals surface area contributed by atoms with E-state index in [4.69, 9.17) is 5.73 Å². The number of nitrogens with two attached hydrogens (primary N) is 1. The van der Waals surface area contributed by atoms with Crippen LogP contribution in [0.1, 0.15) is 30.8 Å². The lowest BCUT2D eigenvalue weighted by molar-refractivity contribution is 0.0595. The summed E-state index contributed by atoms with van der Waals surface area (Å²) in [7, 11) is 1.29. The largest absolute Gasteiger partial charge is 0.464 e. The highest BCUT2D eigenvalue weighted by Crippen LogP contribution is 2.11. The zero-order chi connectivity index (χ0) is 11.4. The summed E-state index contributed by atoms with van der Waals surface area (Å²) < 4.78 is 6.04. The first-order valence-electron chi connectivity index (χ1n) is 4.83. The minimum Gasteiger partial charge on any atom is -0.464 e. The van der Waals surface area contributed by atoms with Crippen LogP contribution in [0, 0.1) is 5.92 Å². The minimum absolute atomic E-state index is 0.0845. The van der Waals surface area contributed by atoms with Crippen LogP contribution >= 0.6 is 0 Å². The highest BCUT2D eigenvalue weighted by molar-refractivity contribution is 5.91. The molecule has 1 aromatic rings. The van der Waals surface area contributed by atoms with Gasteiger partial charge >= 0.3 is 5.97 Å². The first-order chi connectivity index (χ1) is 7.06. The van der Waals surface area contributed by atoms with E-state index in [1.54, 1.807) is 0 Å². The Hall–Kier alpha value is -1.59.